The second-order valence-corrected chi connectivity index (χ2v) is 6.05. The highest BCUT2D eigenvalue weighted by atomic mass is 32.2. The molecule has 1 aromatic heterocycles. The van der Waals surface area contributed by atoms with E-state index in [0.29, 0.717) is 9.13 Å². The lowest BCUT2D eigenvalue weighted by atomic mass is 10.1. The molecule has 1 unspecified atom stereocenters. The Morgan fingerprint density at radius 2 is 2.00 bits per heavy atom. The van der Waals surface area contributed by atoms with Gasteiger partial charge >= 0.3 is 16.0 Å². The summed E-state index contributed by atoms with van der Waals surface area (Å²) < 4.78 is 31.5. The number of hydrogen-bond acceptors (Lipinski definition) is 7. The van der Waals surface area contributed by atoms with E-state index in [1.54, 1.807) is 0 Å². The van der Waals surface area contributed by atoms with Gasteiger partial charge in [0.25, 0.3) is 5.91 Å². The van der Waals surface area contributed by atoms with Crippen molar-refractivity contribution in [2.75, 3.05) is 6.54 Å². The lowest BCUT2D eigenvalue weighted by Crippen LogP contribution is -2.65. The van der Waals surface area contributed by atoms with Gasteiger partial charge in [-0.1, -0.05) is 0 Å². The summed E-state index contributed by atoms with van der Waals surface area (Å²) in [5.74, 6) is -3.18. The molecule has 3 N–H and O–H groups in total. The van der Waals surface area contributed by atoms with Gasteiger partial charge in [0.2, 0.25) is 17.7 Å². The molecular weight excluding hydrogens is 336 g/mol. The molecule has 1 atom stereocenters. The molecule has 1 aromatic rings. The number of β-lactam (4-membered cyclic amide) rings is 1. The molecule has 0 radical (unpaired) electrons. The Bertz CT molecular complexity index is 851. The number of hydrogen-bond donors (Lipinski definition) is 3. The molecule has 2 heterocycles. The summed E-state index contributed by atoms with van der Waals surface area (Å²) in [4.78, 5) is 46.1. The summed E-state index contributed by atoms with van der Waals surface area (Å²) in [6.45, 7) is -0.0401. The quantitative estimate of drug-likeness (QED) is 0.386. The maximum absolute atomic E-state index is 11.8. The van der Waals surface area contributed by atoms with Gasteiger partial charge in [-0.15, -0.1) is 0 Å². The van der Waals surface area contributed by atoms with E-state index in [-0.39, 0.29) is 4.31 Å². The van der Waals surface area contributed by atoms with Crippen molar-refractivity contribution < 1.29 is 32.5 Å². The van der Waals surface area contributed by atoms with Gasteiger partial charge in [0, 0.05) is 6.92 Å². The molecule has 1 fully saturated rings. The second-order valence-electron chi connectivity index (χ2n) is 4.71. The summed E-state index contributed by atoms with van der Waals surface area (Å²) in [6, 6.07) is -1.17. The summed E-state index contributed by atoms with van der Waals surface area (Å²) in [5.41, 5.74) is -0.940. The fourth-order valence-electron chi connectivity index (χ4n) is 1.94. The molecule has 0 aromatic carbocycles. The van der Waals surface area contributed by atoms with Gasteiger partial charge in [0.1, 0.15) is 12.6 Å². The zero-order valence-electron chi connectivity index (χ0n) is 11.7. The standard InChI is InChI=1S/C10H12N4O8S/c1-5(15)12-4-8(17)13(10(12)19)3-7(16)11-6-2-14(9(6)18)23(20,21)22/h4,6,17H,2-3H2,1H3,(H,11,16)(H,20,21,22). The van der Waals surface area contributed by atoms with Crippen LogP contribution in [0.3, 0.4) is 0 Å². The minimum Gasteiger partial charge on any atom is -0.493 e. The smallest absolute Gasteiger partial charge is 0.362 e. The zero-order valence-corrected chi connectivity index (χ0v) is 12.5. The third-order valence-corrected chi connectivity index (χ3v) is 3.99. The van der Waals surface area contributed by atoms with Gasteiger partial charge in [-0.25, -0.2) is 13.7 Å². The Morgan fingerprint density at radius 1 is 1.39 bits per heavy atom. The number of carbonyl (C=O) groups excluding carboxylic acids is 3. The van der Waals surface area contributed by atoms with Crippen molar-refractivity contribution in [3.05, 3.63) is 16.7 Å². The number of aromatic hydroxyl groups is 1. The molecule has 1 aliphatic rings. The molecule has 1 aliphatic heterocycles. The Balaban J connectivity index is 2.04. The van der Waals surface area contributed by atoms with Crippen LogP contribution in [0.5, 0.6) is 5.88 Å². The molecule has 126 valence electrons. The molecule has 1 saturated heterocycles. The van der Waals surface area contributed by atoms with Crippen LogP contribution in [-0.2, 0) is 26.4 Å². The largest absolute Gasteiger partial charge is 0.493 e. The first kappa shape index (κ1) is 16.7. The maximum Gasteiger partial charge on any atom is 0.362 e. The first-order chi connectivity index (χ1) is 10.5. The van der Waals surface area contributed by atoms with Crippen LogP contribution in [0.4, 0.5) is 0 Å². The van der Waals surface area contributed by atoms with E-state index in [1.807, 2.05) is 0 Å². The predicted octanol–water partition coefficient (Wildman–Crippen LogP) is -2.85. The van der Waals surface area contributed by atoms with E-state index >= 15 is 0 Å². The van der Waals surface area contributed by atoms with Crippen LogP contribution in [0, 0.1) is 0 Å². The summed E-state index contributed by atoms with van der Waals surface area (Å²) >= 11 is 0. The summed E-state index contributed by atoms with van der Waals surface area (Å²) in [5, 5.41) is 11.7. The normalized spacial score (nSPS) is 17.7. The average Bonchev–Trinajstić information content (AvgIpc) is 2.69. The molecule has 13 heteroatoms. The number of amides is 2. The molecular formula is C10H12N4O8S. The third kappa shape index (κ3) is 3.09. The van der Waals surface area contributed by atoms with Crippen molar-refractivity contribution in [1.29, 1.82) is 0 Å². The molecule has 23 heavy (non-hydrogen) atoms. The lowest BCUT2D eigenvalue weighted by molar-refractivity contribution is -0.140. The fourth-order valence-corrected chi connectivity index (χ4v) is 2.63. The van der Waals surface area contributed by atoms with Crippen molar-refractivity contribution in [1.82, 2.24) is 18.8 Å². The van der Waals surface area contributed by atoms with Crippen LogP contribution >= 0.6 is 0 Å². The highest BCUT2D eigenvalue weighted by Crippen LogP contribution is 2.14. The van der Waals surface area contributed by atoms with E-state index in [0.717, 1.165) is 13.1 Å². The van der Waals surface area contributed by atoms with Gasteiger partial charge in [-0.3, -0.25) is 23.5 Å². The van der Waals surface area contributed by atoms with Gasteiger partial charge in [-0.2, -0.15) is 8.42 Å². The van der Waals surface area contributed by atoms with Gasteiger partial charge in [0.15, 0.2) is 0 Å². The average molecular weight is 348 g/mol. The van der Waals surface area contributed by atoms with Gasteiger partial charge in [0.05, 0.1) is 12.7 Å². The Labute approximate surface area is 128 Å². The molecule has 0 bridgehead atoms. The SMILES string of the molecule is CC(=O)n1cc(O)n(CC(=O)NC2CN(S(=O)(=O)O)C2=O)c1=O. The van der Waals surface area contributed by atoms with E-state index in [9.17, 15) is 32.7 Å². The highest BCUT2D eigenvalue weighted by Gasteiger charge is 2.44. The second kappa shape index (κ2) is 5.51. The number of nitrogens with zero attached hydrogens (tertiary/aromatic N) is 3. The summed E-state index contributed by atoms with van der Waals surface area (Å²) in [6.07, 6.45) is 0.840. The highest BCUT2D eigenvalue weighted by molar-refractivity contribution is 7.84. The van der Waals surface area contributed by atoms with Crippen molar-refractivity contribution in [3.63, 3.8) is 0 Å². The number of rotatable bonds is 4. The number of nitrogens with one attached hydrogen (secondary N) is 1. The van der Waals surface area contributed by atoms with Crippen LogP contribution < -0.4 is 11.0 Å². The molecule has 0 spiro atoms. The molecule has 0 aliphatic carbocycles. The van der Waals surface area contributed by atoms with Crippen LogP contribution in [0.1, 0.15) is 11.7 Å². The van der Waals surface area contributed by atoms with E-state index in [2.05, 4.69) is 5.32 Å². The van der Waals surface area contributed by atoms with Crippen LogP contribution in [0.15, 0.2) is 11.0 Å². The van der Waals surface area contributed by atoms with Crippen molar-refractivity contribution in [2.45, 2.75) is 19.5 Å². The molecule has 0 saturated carbocycles. The number of aromatic nitrogens is 2. The Hall–Kier alpha value is -2.67. The van der Waals surface area contributed by atoms with Crippen LogP contribution in [0.2, 0.25) is 0 Å². The van der Waals surface area contributed by atoms with Crippen LogP contribution in [-0.4, -0.2) is 61.8 Å². The van der Waals surface area contributed by atoms with E-state index in [4.69, 9.17) is 4.55 Å². The molecule has 12 nitrogen and oxygen atoms in total. The zero-order chi connectivity index (χ0) is 17.5. The molecule has 2 rings (SSSR count). The van der Waals surface area contributed by atoms with Gasteiger partial charge in [-0.05, 0) is 0 Å². The minimum atomic E-state index is -4.67. The number of imidazole rings is 1. The first-order valence-electron chi connectivity index (χ1n) is 6.13. The first-order valence-corrected chi connectivity index (χ1v) is 7.52. The van der Waals surface area contributed by atoms with Crippen LogP contribution in [0.25, 0.3) is 0 Å². The van der Waals surface area contributed by atoms with Gasteiger partial charge < -0.3 is 10.4 Å². The Kier molecular flexibility index (Phi) is 4.00. The van der Waals surface area contributed by atoms with Crippen molar-refractivity contribution in [3.8, 4) is 5.88 Å². The topological polar surface area (TPSA) is 168 Å². The van der Waals surface area contributed by atoms with Crippen molar-refractivity contribution in [2.24, 2.45) is 0 Å². The maximum atomic E-state index is 11.8. The van der Waals surface area contributed by atoms with E-state index in [1.165, 1.54) is 0 Å². The Morgan fingerprint density at radius 3 is 2.43 bits per heavy atom. The summed E-state index contributed by atoms with van der Waals surface area (Å²) in [7, 11) is -4.67. The van der Waals surface area contributed by atoms with Crippen molar-refractivity contribution >= 4 is 28.0 Å². The molecule has 2 amide bonds. The third-order valence-electron chi connectivity index (χ3n) is 3.11. The minimum absolute atomic E-state index is 0.161. The monoisotopic (exact) mass is 348 g/mol. The van der Waals surface area contributed by atoms with E-state index < -0.39 is 58.7 Å². The fraction of sp³-hybridized carbons (Fsp3) is 0.400. The number of carbonyl (C=O) groups is 3. The lowest BCUT2D eigenvalue weighted by Gasteiger charge is -2.35. The predicted molar refractivity (Wildman–Crippen MR) is 71.8 cm³/mol.